The summed E-state index contributed by atoms with van der Waals surface area (Å²) in [4.78, 5) is 17.3. The van der Waals surface area contributed by atoms with Gasteiger partial charge in [-0.15, -0.1) is 11.3 Å². The number of rotatable bonds is 5. The zero-order valence-electron chi connectivity index (χ0n) is 17.2. The van der Waals surface area contributed by atoms with Gasteiger partial charge in [0.1, 0.15) is 10.5 Å². The first kappa shape index (κ1) is 20.9. The van der Waals surface area contributed by atoms with Crippen LogP contribution in [-0.4, -0.2) is 41.3 Å². The van der Waals surface area contributed by atoms with Gasteiger partial charge >= 0.3 is 0 Å². The molecule has 0 spiro atoms. The molecule has 32 heavy (non-hydrogen) atoms. The van der Waals surface area contributed by atoms with E-state index >= 15 is 0 Å². The summed E-state index contributed by atoms with van der Waals surface area (Å²) in [5, 5.41) is 4.69. The highest BCUT2D eigenvalue weighted by Crippen LogP contribution is 2.27. The predicted molar refractivity (Wildman–Crippen MR) is 126 cm³/mol. The Kier molecular flexibility index (Phi) is 5.54. The molecule has 1 fully saturated rings. The van der Waals surface area contributed by atoms with Gasteiger partial charge in [-0.2, -0.15) is 4.31 Å². The lowest BCUT2D eigenvalue weighted by Crippen LogP contribution is -2.43. The highest BCUT2D eigenvalue weighted by atomic mass is 32.2. The lowest BCUT2D eigenvalue weighted by molar-refractivity contribution is -0.120. The summed E-state index contributed by atoms with van der Waals surface area (Å²) in [6.07, 6.45) is 3.11. The number of nitrogens with one attached hydrogen (secondary N) is 1. The number of hydrogen-bond acceptors (Lipinski definition) is 5. The molecule has 1 aliphatic heterocycles. The van der Waals surface area contributed by atoms with Gasteiger partial charge in [0, 0.05) is 24.5 Å². The van der Waals surface area contributed by atoms with Crippen LogP contribution in [0.4, 0.5) is 5.69 Å². The van der Waals surface area contributed by atoms with Crippen molar-refractivity contribution in [3.8, 4) is 5.69 Å². The largest absolute Gasteiger partial charge is 0.326 e. The standard InChI is InChI=1S/C23H22N4O3S2/c28-23(17-5-3-13-26(15-17)32(29,30)22-8-4-14-31-22)25-18-9-11-19(12-10-18)27-16-24-20-6-1-2-7-21(20)27/h1-2,4,6-12,14,16-17H,3,5,13,15H2,(H,25,28). The molecule has 2 aromatic heterocycles. The van der Waals surface area contributed by atoms with E-state index in [1.807, 2.05) is 53.1 Å². The Morgan fingerprint density at radius 1 is 1.06 bits per heavy atom. The minimum Gasteiger partial charge on any atom is -0.326 e. The van der Waals surface area contributed by atoms with Gasteiger partial charge in [0.05, 0.1) is 17.0 Å². The van der Waals surface area contributed by atoms with Crippen LogP contribution in [0.3, 0.4) is 0 Å². The maximum absolute atomic E-state index is 12.9. The topological polar surface area (TPSA) is 84.3 Å². The van der Waals surface area contributed by atoms with Crippen LogP contribution in [-0.2, 0) is 14.8 Å². The fraction of sp³-hybridized carbons (Fsp3) is 0.217. The van der Waals surface area contributed by atoms with Gasteiger partial charge in [0.2, 0.25) is 5.91 Å². The summed E-state index contributed by atoms with van der Waals surface area (Å²) in [5.41, 5.74) is 3.56. The number of amides is 1. The van der Waals surface area contributed by atoms with E-state index in [2.05, 4.69) is 10.3 Å². The van der Waals surface area contributed by atoms with Crippen molar-refractivity contribution in [3.63, 3.8) is 0 Å². The molecule has 0 aliphatic carbocycles. The second-order valence-corrected chi connectivity index (χ2v) is 10.9. The van der Waals surface area contributed by atoms with Crippen LogP contribution in [0.5, 0.6) is 0 Å². The summed E-state index contributed by atoms with van der Waals surface area (Å²) < 4.78 is 29.4. The van der Waals surface area contributed by atoms with Gasteiger partial charge in [0.15, 0.2) is 0 Å². The number of para-hydroxylation sites is 2. The lowest BCUT2D eigenvalue weighted by atomic mass is 9.98. The van der Waals surface area contributed by atoms with Crippen LogP contribution in [0.15, 0.2) is 76.6 Å². The molecule has 0 radical (unpaired) electrons. The number of carbonyl (C=O) groups excluding carboxylic acids is 1. The third kappa shape index (κ3) is 3.94. The molecule has 1 unspecified atom stereocenters. The van der Waals surface area contributed by atoms with Crippen LogP contribution in [0.2, 0.25) is 0 Å². The maximum atomic E-state index is 12.9. The molecule has 3 heterocycles. The second-order valence-electron chi connectivity index (χ2n) is 7.77. The van der Waals surface area contributed by atoms with Crippen molar-refractivity contribution >= 4 is 44.0 Å². The molecule has 4 aromatic rings. The molecule has 164 valence electrons. The first-order valence-electron chi connectivity index (χ1n) is 10.4. The number of imidazole rings is 1. The van der Waals surface area contributed by atoms with Crippen LogP contribution >= 0.6 is 11.3 Å². The zero-order valence-corrected chi connectivity index (χ0v) is 18.8. The Hall–Kier alpha value is -3.01. The van der Waals surface area contributed by atoms with E-state index in [-0.39, 0.29) is 18.4 Å². The number of hydrogen-bond donors (Lipinski definition) is 1. The number of thiophene rings is 1. The summed E-state index contributed by atoms with van der Waals surface area (Å²) in [6.45, 7) is 0.642. The fourth-order valence-corrected chi connectivity index (χ4v) is 6.70. The van der Waals surface area contributed by atoms with Crippen LogP contribution in [0.25, 0.3) is 16.7 Å². The van der Waals surface area contributed by atoms with E-state index in [1.165, 1.54) is 15.6 Å². The van der Waals surface area contributed by atoms with Crippen molar-refractivity contribution in [1.82, 2.24) is 13.9 Å². The van der Waals surface area contributed by atoms with Crippen molar-refractivity contribution < 1.29 is 13.2 Å². The van der Waals surface area contributed by atoms with Crippen molar-refractivity contribution in [2.75, 3.05) is 18.4 Å². The molecule has 2 aromatic carbocycles. The van der Waals surface area contributed by atoms with E-state index in [0.29, 0.717) is 29.3 Å². The Balaban J connectivity index is 1.28. The zero-order chi connectivity index (χ0) is 22.1. The van der Waals surface area contributed by atoms with E-state index in [1.54, 1.807) is 23.8 Å². The molecule has 1 aliphatic rings. The molecule has 7 nitrogen and oxygen atoms in total. The van der Waals surface area contributed by atoms with Gasteiger partial charge < -0.3 is 5.32 Å². The van der Waals surface area contributed by atoms with Crippen molar-refractivity contribution in [3.05, 3.63) is 72.4 Å². The highest BCUT2D eigenvalue weighted by molar-refractivity contribution is 7.91. The molecule has 9 heteroatoms. The van der Waals surface area contributed by atoms with Gasteiger partial charge in [-0.1, -0.05) is 18.2 Å². The second kappa shape index (κ2) is 8.50. The average molecular weight is 467 g/mol. The average Bonchev–Trinajstić information content (AvgIpc) is 3.51. The SMILES string of the molecule is O=C(Nc1ccc(-n2cnc3ccccc32)cc1)C1CCCN(S(=O)(=O)c2cccs2)C1. The molecule has 1 amide bonds. The summed E-state index contributed by atoms with van der Waals surface area (Å²) in [7, 11) is -3.54. The minimum absolute atomic E-state index is 0.156. The number of piperidine rings is 1. The first-order valence-corrected chi connectivity index (χ1v) is 12.7. The number of nitrogens with zero attached hydrogens (tertiary/aromatic N) is 3. The summed E-state index contributed by atoms with van der Waals surface area (Å²) in [5.74, 6) is -0.535. The van der Waals surface area contributed by atoms with Crippen LogP contribution in [0, 0.1) is 5.92 Å². The number of carbonyl (C=O) groups is 1. The Morgan fingerprint density at radius 3 is 2.66 bits per heavy atom. The molecule has 1 N–H and O–H groups in total. The Morgan fingerprint density at radius 2 is 1.88 bits per heavy atom. The van der Waals surface area contributed by atoms with Gasteiger partial charge in [-0.25, -0.2) is 13.4 Å². The molecular formula is C23H22N4O3S2. The summed E-state index contributed by atoms with van der Waals surface area (Å²) >= 11 is 1.20. The molecule has 5 rings (SSSR count). The molecule has 1 saturated heterocycles. The number of aromatic nitrogens is 2. The summed E-state index contributed by atoms with van der Waals surface area (Å²) in [6, 6.07) is 18.8. The number of fused-ring (bicyclic) bond motifs is 1. The molecule has 0 saturated carbocycles. The van der Waals surface area contributed by atoms with Crippen LogP contribution in [0.1, 0.15) is 12.8 Å². The van der Waals surface area contributed by atoms with Gasteiger partial charge in [-0.05, 0) is 60.7 Å². The molecule has 0 bridgehead atoms. The third-order valence-electron chi connectivity index (χ3n) is 5.71. The van der Waals surface area contributed by atoms with Gasteiger partial charge in [0.25, 0.3) is 10.0 Å². The first-order chi connectivity index (χ1) is 15.5. The smallest absolute Gasteiger partial charge is 0.252 e. The van der Waals surface area contributed by atoms with Crippen molar-refractivity contribution in [2.24, 2.45) is 5.92 Å². The van der Waals surface area contributed by atoms with Gasteiger partial charge in [-0.3, -0.25) is 9.36 Å². The maximum Gasteiger partial charge on any atom is 0.252 e. The number of sulfonamides is 1. The van der Waals surface area contributed by atoms with Crippen molar-refractivity contribution in [1.29, 1.82) is 0 Å². The van der Waals surface area contributed by atoms with E-state index in [0.717, 1.165) is 16.7 Å². The minimum atomic E-state index is -3.54. The quantitative estimate of drug-likeness (QED) is 0.479. The fourth-order valence-electron chi connectivity index (χ4n) is 4.03. The van der Waals surface area contributed by atoms with Crippen molar-refractivity contribution in [2.45, 2.75) is 17.1 Å². The normalized spacial score (nSPS) is 17.4. The molecule has 1 atom stereocenters. The third-order valence-corrected chi connectivity index (χ3v) is 8.95. The monoisotopic (exact) mass is 466 g/mol. The lowest BCUT2D eigenvalue weighted by Gasteiger charge is -2.30. The highest BCUT2D eigenvalue weighted by Gasteiger charge is 2.33. The van der Waals surface area contributed by atoms with E-state index in [4.69, 9.17) is 0 Å². The van der Waals surface area contributed by atoms with E-state index in [9.17, 15) is 13.2 Å². The number of benzene rings is 2. The van der Waals surface area contributed by atoms with E-state index < -0.39 is 10.0 Å². The Labute approximate surface area is 190 Å². The Bertz CT molecular complexity index is 1350. The van der Waals surface area contributed by atoms with Crippen LogP contribution < -0.4 is 5.32 Å². The molecular weight excluding hydrogens is 444 g/mol. The predicted octanol–water partition coefficient (Wildman–Crippen LogP) is 4.13. The number of anilines is 1.